The van der Waals surface area contributed by atoms with Crippen molar-refractivity contribution in [3.05, 3.63) is 40.8 Å². The van der Waals surface area contributed by atoms with Crippen molar-refractivity contribution in [2.24, 2.45) is 5.92 Å². The van der Waals surface area contributed by atoms with E-state index in [0.717, 1.165) is 37.6 Å². The van der Waals surface area contributed by atoms with Gasteiger partial charge in [-0.15, -0.1) is 0 Å². The molecule has 0 bridgehead atoms. The van der Waals surface area contributed by atoms with Gasteiger partial charge < -0.3 is 9.80 Å². The summed E-state index contributed by atoms with van der Waals surface area (Å²) in [5.74, 6) is 1.54. The fourth-order valence-electron chi connectivity index (χ4n) is 3.86. The van der Waals surface area contributed by atoms with Crippen molar-refractivity contribution in [1.82, 2.24) is 19.7 Å². The SMILES string of the molecule is Cc1nn(CC(C)C)c(C)c1CCC(=O)N1CCN(c2cc(C#N)ccn2)CC1. The number of carbonyl (C=O) groups excluding carboxylic acids is 1. The van der Waals surface area contributed by atoms with Crippen LogP contribution < -0.4 is 4.90 Å². The zero-order valence-electron chi connectivity index (χ0n) is 17.9. The Morgan fingerprint density at radius 2 is 1.97 bits per heavy atom. The Morgan fingerprint density at radius 1 is 1.24 bits per heavy atom. The van der Waals surface area contributed by atoms with E-state index >= 15 is 0 Å². The van der Waals surface area contributed by atoms with Crippen LogP contribution in [0.25, 0.3) is 0 Å². The maximum atomic E-state index is 12.7. The standard InChI is InChI=1S/C22H30N6O/c1-16(2)15-28-18(4)20(17(3)25-28)5-6-22(29)27-11-9-26(10-12-27)21-13-19(14-23)7-8-24-21/h7-8,13,16H,5-6,9-12,15H2,1-4H3. The molecule has 1 fully saturated rings. The molecular weight excluding hydrogens is 364 g/mol. The monoisotopic (exact) mass is 394 g/mol. The summed E-state index contributed by atoms with van der Waals surface area (Å²) in [6.45, 7) is 12.2. The van der Waals surface area contributed by atoms with E-state index in [1.165, 1.54) is 11.3 Å². The van der Waals surface area contributed by atoms with Gasteiger partial charge in [-0.1, -0.05) is 13.8 Å². The lowest BCUT2D eigenvalue weighted by Crippen LogP contribution is -2.49. The second-order valence-corrected chi connectivity index (χ2v) is 8.11. The highest BCUT2D eigenvalue weighted by Crippen LogP contribution is 2.19. The number of piperazine rings is 1. The van der Waals surface area contributed by atoms with Crippen molar-refractivity contribution >= 4 is 11.7 Å². The smallest absolute Gasteiger partial charge is 0.223 e. The van der Waals surface area contributed by atoms with E-state index in [9.17, 15) is 4.79 Å². The molecule has 0 spiro atoms. The maximum absolute atomic E-state index is 12.7. The molecule has 1 aliphatic heterocycles. The number of amides is 1. The van der Waals surface area contributed by atoms with Gasteiger partial charge in [0.1, 0.15) is 5.82 Å². The van der Waals surface area contributed by atoms with Crippen molar-refractivity contribution < 1.29 is 4.79 Å². The quantitative estimate of drug-likeness (QED) is 0.753. The molecule has 0 radical (unpaired) electrons. The van der Waals surface area contributed by atoms with Gasteiger partial charge in [-0.05, 0) is 43.9 Å². The molecule has 0 N–H and O–H groups in total. The molecule has 1 aliphatic rings. The predicted octanol–water partition coefficient (Wildman–Crippen LogP) is 2.70. The van der Waals surface area contributed by atoms with Crippen molar-refractivity contribution in [3.63, 3.8) is 0 Å². The molecular formula is C22H30N6O. The minimum Gasteiger partial charge on any atom is -0.353 e. The molecule has 7 nitrogen and oxygen atoms in total. The van der Waals surface area contributed by atoms with Crippen LogP contribution in [0.5, 0.6) is 0 Å². The van der Waals surface area contributed by atoms with Crippen molar-refractivity contribution in [3.8, 4) is 6.07 Å². The first kappa shape index (κ1) is 20.8. The molecule has 2 aromatic heterocycles. The first-order chi connectivity index (χ1) is 13.9. The molecule has 29 heavy (non-hydrogen) atoms. The summed E-state index contributed by atoms with van der Waals surface area (Å²) in [6.07, 6.45) is 2.91. The molecule has 0 unspecified atom stereocenters. The fourth-order valence-corrected chi connectivity index (χ4v) is 3.86. The molecule has 2 aromatic rings. The summed E-state index contributed by atoms with van der Waals surface area (Å²) in [5, 5.41) is 13.7. The molecule has 154 valence electrons. The number of anilines is 1. The van der Waals surface area contributed by atoms with E-state index in [1.807, 2.05) is 11.8 Å². The van der Waals surface area contributed by atoms with Gasteiger partial charge in [0.25, 0.3) is 0 Å². The molecule has 0 aliphatic carbocycles. The highest BCUT2D eigenvalue weighted by Gasteiger charge is 2.23. The number of carbonyl (C=O) groups is 1. The normalized spacial score (nSPS) is 14.3. The predicted molar refractivity (Wildman–Crippen MR) is 113 cm³/mol. The van der Waals surface area contributed by atoms with Gasteiger partial charge in [-0.2, -0.15) is 10.4 Å². The van der Waals surface area contributed by atoms with Crippen molar-refractivity contribution in [1.29, 1.82) is 5.26 Å². The molecule has 0 saturated carbocycles. The third-order valence-corrected chi connectivity index (χ3v) is 5.49. The molecule has 7 heteroatoms. The number of rotatable bonds is 6. The van der Waals surface area contributed by atoms with Gasteiger partial charge in [-0.25, -0.2) is 4.98 Å². The largest absolute Gasteiger partial charge is 0.353 e. The van der Waals surface area contributed by atoms with E-state index in [1.54, 1.807) is 18.3 Å². The number of aromatic nitrogens is 3. The van der Waals surface area contributed by atoms with Gasteiger partial charge in [0.15, 0.2) is 0 Å². The number of nitriles is 1. The lowest BCUT2D eigenvalue weighted by atomic mass is 10.1. The van der Waals surface area contributed by atoms with Crippen LogP contribution in [0.1, 0.15) is 42.8 Å². The molecule has 0 atom stereocenters. The first-order valence-corrected chi connectivity index (χ1v) is 10.3. The Bertz CT molecular complexity index is 903. The molecule has 1 saturated heterocycles. The van der Waals surface area contributed by atoms with Crippen LogP contribution in [0.3, 0.4) is 0 Å². The van der Waals surface area contributed by atoms with Crippen LogP contribution in [0.15, 0.2) is 18.3 Å². The van der Waals surface area contributed by atoms with Gasteiger partial charge in [0.2, 0.25) is 5.91 Å². The number of pyridine rings is 1. The lowest BCUT2D eigenvalue weighted by Gasteiger charge is -2.35. The van der Waals surface area contributed by atoms with Gasteiger partial charge in [0, 0.05) is 51.0 Å². The Balaban J connectivity index is 1.54. The Morgan fingerprint density at radius 3 is 2.62 bits per heavy atom. The topological polar surface area (TPSA) is 78.0 Å². The summed E-state index contributed by atoms with van der Waals surface area (Å²) < 4.78 is 2.07. The van der Waals surface area contributed by atoms with Crippen LogP contribution in [0, 0.1) is 31.1 Å². The summed E-state index contributed by atoms with van der Waals surface area (Å²) in [5.41, 5.74) is 4.02. The Labute approximate surface area is 172 Å². The number of aryl methyl sites for hydroxylation is 1. The highest BCUT2D eigenvalue weighted by atomic mass is 16.2. The molecule has 0 aromatic carbocycles. The van der Waals surface area contributed by atoms with Gasteiger partial charge in [0.05, 0.1) is 17.3 Å². The van der Waals surface area contributed by atoms with Crippen molar-refractivity contribution in [2.45, 2.75) is 47.1 Å². The van der Waals surface area contributed by atoms with Crippen LogP contribution >= 0.6 is 0 Å². The summed E-state index contributed by atoms with van der Waals surface area (Å²) in [6, 6.07) is 5.66. The van der Waals surface area contributed by atoms with E-state index in [2.05, 4.69) is 46.5 Å². The van der Waals surface area contributed by atoms with Gasteiger partial charge >= 0.3 is 0 Å². The number of nitrogens with zero attached hydrogens (tertiary/aromatic N) is 6. The van der Waals surface area contributed by atoms with Crippen LogP contribution in [0.4, 0.5) is 5.82 Å². The zero-order chi connectivity index (χ0) is 21.0. The molecule has 1 amide bonds. The average Bonchev–Trinajstić information content (AvgIpc) is 2.98. The third-order valence-electron chi connectivity index (χ3n) is 5.49. The van der Waals surface area contributed by atoms with Crippen LogP contribution in [0.2, 0.25) is 0 Å². The highest BCUT2D eigenvalue weighted by molar-refractivity contribution is 5.77. The Kier molecular flexibility index (Phi) is 6.53. The third kappa shape index (κ3) is 4.94. The summed E-state index contributed by atoms with van der Waals surface area (Å²) in [4.78, 5) is 21.2. The minimum atomic E-state index is 0.193. The van der Waals surface area contributed by atoms with E-state index in [-0.39, 0.29) is 5.91 Å². The second kappa shape index (κ2) is 9.08. The number of hydrogen-bond donors (Lipinski definition) is 0. The Hall–Kier alpha value is -2.88. The zero-order valence-corrected chi connectivity index (χ0v) is 17.9. The second-order valence-electron chi connectivity index (χ2n) is 8.11. The van der Waals surface area contributed by atoms with E-state index in [0.29, 0.717) is 31.0 Å². The van der Waals surface area contributed by atoms with Crippen LogP contribution in [-0.4, -0.2) is 51.8 Å². The summed E-state index contributed by atoms with van der Waals surface area (Å²) in [7, 11) is 0. The molecule has 3 rings (SSSR count). The average molecular weight is 395 g/mol. The summed E-state index contributed by atoms with van der Waals surface area (Å²) >= 11 is 0. The number of hydrogen-bond acceptors (Lipinski definition) is 5. The van der Waals surface area contributed by atoms with E-state index < -0.39 is 0 Å². The van der Waals surface area contributed by atoms with Crippen molar-refractivity contribution in [2.75, 3.05) is 31.1 Å². The van der Waals surface area contributed by atoms with Crippen LogP contribution in [-0.2, 0) is 17.8 Å². The van der Waals surface area contributed by atoms with Gasteiger partial charge in [-0.3, -0.25) is 9.48 Å². The molecule has 3 heterocycles. The van der Waals surface area contributed by atoms with E-state index in [4.69, 9.17) is 5.26 Å². The lowest BCUT2D eigenvalue weighted by molar-refractivity contribution is -0.131. The minimum absolute atomic E-state index is 0.193. The maximum Gasteiger partial charge on any atom is 0.223 e. The first-order valence-electron chi connectivity index (χ1n) is 10.3. The fraction of sp³-hybridized carbons (Fsp3) is 0.545.